The van der Waals surface area contributed by atoms with Gasteiger partial charge in [-0.3, -0.25) is 5.32 Å². The molecule has 0 unspecified atom stereocenters. The van der Waals surface area contributed by atoms with Crippen LogP contribution in [-0.2, 0) is 11.3 Å². The van der Waals surface area contributed by atoms with Crippen LogP contribution in [0.15, 0.2) is 42.5 Å². The Hall–Kier alpha value is -3.59. The minimum absolute atomic E-state index is 0.181. The summed E-state index contributed by atoms with van der Waals surface area (Å²) in [5.74, 6) is 3.20. The zero-order valence-electron chi connectivity index (χ0n) is 16.0. The quantitative estimate of drug-likeness (QED) is 0.490. The first-order valence-corrected chi connectivity index (χ1v) is 9.02. The molecule has 0 aliphatic rings. The highest BCUT2D eigenvalue weighted by Crippen LogP contribution is 2.38. The van der Waals surface area contributed by atoms with Crippen molar-refractivity contribution in [2.75, 3.05) is 24.8 Å². The molecule has 0 spiro atoms. The summed E-state index contributed by atoms with van der Waals surface area (Å²) in [6.07, 6.45) is 5.00. The fourth-order valence-electron chi connectivity index (χ4n) is 3.22. The van der Waals surface area contributed by atoms with E-state index in [4.69, 9.17) is 21.6 Å². The van der Waals surface area contributed by atoms with Crippen molar-refractivity contribution in [3.05, 3.63) is 42.5 Å². The molecule has 6 nitrogen and oxygen atoms in total. The van der Waals surface area contributed by atoms with E-state index in [0.717, 1.165) is 34.5 Å². The molecule has 0 atom stereocenters. The Morgan fingerprint density at radius 2 is 2.11 bits per heavy atom. The molecule has 1 heterocycles. The minimum Gasteiger partial charge on any atom is -0.497 e. The van der Waals surface area contributed by atoms with Crippen LogP contribution in [0, 0.1) is 12.3 Å². The summed E-state index contributed by atoms with van der Waals surface area (Å²) in [6.45, 7) is 2.98. The van der Waals surface area contributed by atoms with Gasteiger partial charge in [0.1, 0.15) is 12.4 Å². The first kappa shape index (κ1) is 19.2. The van der Waals surface area contributed by atoms with Crippen molar-refractivity contribution in [2.45, 2.75) is 19.9 Å². The smallest absolute Gasteiger partial charge is 0.411 e. The second-order valence-corrected chi connectivity index (χ2v) is 6.19. The van der Waals surface area contributed by atoms with Crippen LogP contribution in [0.5, 0.6) is 5.75 Å². The van der Waals surface area contributed by atoms with Gasteiger partial charge in [-0.2, -0.15) is 0 Å². The number of nitrogens with one attached hydrogen (secondary N) is 1. The molecule has 0 bridgehead atoms. The predicted molar refractivity (Wildman–Crippen MR) is 112 cm³/mol. The van der Waals surface area contributed by atoms with Crippen LogP contribution in [0.25, 0.3) is 22.2 Å². The van der Waals surface area contributed by atoms with Crippen molar-refractivity contribution in [1.29, 1.82) is 0 Å². The lowest BCUT2D eigenvalue weighted by molar-refractivity contribution is 0.164. The number of nitrogen functional groups attached to an aromatic ring is 1. The molecule has 0 aliphatic carbocycles. The number of rotatable bonds is 6. The Bertz CT molecular complexity index is 1050. The Labute approximate surface area is 164 Å². The first-order valence-electron chi connectivity index (χ1n) is 9.02. The minimum atomic E-state index is -0.541. The number of fused-ring (bicyclic) bond motifs is 1. The highest BCUT2D eigenvalue weighted by atomic mass is 16.5. The number of amides is 1. The lowest BCUT2D eigenvalue weighted by atomic mass is 10.1. The van der Waals surface area contributed by atoms with Crippen molar-refractivity contribution in [1.82, 2.24) is 4.57 Å². The van der Waals surface area contributed by atoms with Gasteiger partial charge in [0, 0.05) is 35.7 Å². The number of carbonyl (C=O) groups is 1. The van der Waals surface area contributed by atoms with Gasteiger partial charge < -0.3 is 19.8 Å². The molecule has 1 aromatic heterocycles. The van der Waals surface area contributed by atoms with Crippen molar-refractivity contribution in [2.24, 2.45) is 0 Å². The number of hydrogen-bond donors (Lipinski definition) is 2. The molecule has 0 saturated carbocycles. The van der Waals surface area contributed by atoms with Crippen LogP contribution in [-0.4, -0.2) is 24.4 Å². The van der Waals surface area contributed by atoms with Gasteiger partial charge in [0.2, 0.25) is 0 Å². The van der Waals surface area contributed by atoms with Crippen molar-refractivity contribution in [3.63, 3.8) is 0 Å². The molecule has 28 heavy (non-hydrogen) atoms. The summed E-state index contributed by atoms with van der Waals surface area (Å²) in [5.41, 5.74) is 10.6. The van der Waals surface area contributed by atoms with Crippen LogP contribution in [0.4, 0.5) is 16.2 Å². The molecule has 0 saturated heterocycles. The highest BCUT2D eigenvalue weighted by Gasteiger charge is 2.17. The van der Waals surface area contributed by atoms with Crippen LogP contribution in [0.1, 0.15) is 13.3 Å². The number of nitrogens with two attached hydrogens (primary N) is 1. The fourth-order valence-corrected chi connectivity index (χ4v) is 3.22. The Balaban J connectivity index is 1.97. The SMILES string of the molecule is C#CCCOC(=O)Nc1cccc(-c2c(N)c3ccc(OC)cc3n2CC)c1. The third-order valence-electron chi connectivity index (χ3n) is 4.49. The van der Waals surface area contributed by atoms with E-state index in [9.17, 15) is 4.79 Å². The number of aryl methyl sites for hydroxylation is 1. The molecular weight excluding hydrogens is 354 g/mol. The molecule has 0 radical (unpaired) electrons. The molecule has 144 valence electrons. The van der Waals surface area contributed by atoms with Gasteiger partial charge >= 0.3 is 6.09 Å². The molecule has 0 fully saturated rings. The number of benzene rings is 2. The number of ether oxygens (including phenoxy) is 2. The zero-order chi connectivity index (χ0) is 20.1. The molecular formula is C22H23N3O3. The summed E-state index contributed by atoms with van der Waals surface area (Å²) >= 11 is 0. The van der Waals surface area contributed by atoms with E-state index in [0.29, 0.717) is 17.8 Å². The fraction of sp³-hybridized carbons (Fsp3) is 0.227. The maximum absolute atomic E-state index is 11.9. The van der Waals surface area contributed by atoms with E-state index in [1.54, 1.807) is 13.2 Å². The van der Waals surface area contributed by atoms with Crippen LogP contribution in [0.2, 0.25) is 0 Å². The van der Waals surface area contributed by atoms with Gasteiger partial charge in [0.15, 0.2) is 0 Å². The van der Waals surface area contributed by atoms with E-state index >= 15 is 0 Å². The van der Waals surface area contributed by atoms with E-state index in [2.05, 4.69) is 22.7 Å². The van der Waals surface area contributed by atoms with E-state index in [1.807, 2.05) is 36.4 Å². The van der Waals surface area contributed by atoms with Crippen molar-refractivity contribution < 1.29 is 14.3 Å². The number of carbonyl (C=O) groups excluding carboxylic acids is 1. The second kappa shape index (κ2) is 8.40. The van der Waals surface area contributed by atoms with E-state index in [1.165, 1.54) is 0 Å². The summed E-state index contributed by atoms with van der Waals surface area (Å²) < 4.78 is 12.5. The standard InChI is InChI=1S/C22H23N3O3/c1-4-6-12-28-22(26)24-16-9-7-8-15(13-16)21-20(23)18-11-10-17(27-3)14-19(18)25(21)5-2/h1,7-11,13-14H,5-6,12,23H2,2-3H3,(H,24,26). The van der Waals surface area contributed by atoms with Crippen LogP contribution in [0.3, 0.4) is 0 Å². The third kappa shape index (κ3) is 3.74. The Kier molecular flexibility index (Phi) is 5.75. The molecule has 0 aliphatic heterocycles. The number of hydrogen-bond acceptors (Lipinski definition) is 4. The molecule has 2 aromatic carbocycles. The third-order valence-corrected chi connectivity index (χ3v) is 4.49. The summed E-state index contributed by atoms with van der Waals surface area (Å²) in [7, 11) is 1.64. The first-order chi connectivity index (χ1) is 13.6. The average Bonchev–Trinajstić information content (AvgIpc) is 2.99. The maximum atomic E-state index is 11.9. The number of terminal acetylenes is 1. The lowest BCUT2D eigenvalue weighted by Crippen LogP contribution is -2.14. The molecule has 3 N–H and O–H groups in total. The summed E-state index contributed by atoms with van der Waals surface area (Å²) in [5, 5.41) is 3.68. The van der Waals surface area contributed by atoms with E-state index < -0.39 is 6.09 Å². The van der Waals surface area contributed by atoms with Crippen molar-refractivity contribution >= 4 is 28.4 Å². The number of nitrogens with zero attached hydrogens (tertiary/aromatic N) is 1. The Morgan fingerprint density at radius 1 is 1.29 bits per heavy atom. The van der Waals surface area contributed by atoms with Crippen LogP contribution < -0.4 is 15.8 Å². The average molecular weight is 377 g/mol. The molecule has 1 amide bonds. The van der Waals surface area contributed by atoms with Gasteiger partial charge in [0.05, 0.1) is 24.0 Å². The highest BCUT2D eigenvalue weighted by molar-refractivity contribution is 6.02. The lowest BCUT2D eigenvalue weighted by Gasteiger charge is -2.11. The normalized spacial score (nSPS) is 10.5. The maximum Gasteiger partial charge on any atom is 0.411 e. The van der Waals surface area contributed by atoms with Gasteiger partial charge in [-0.25, -0.2) is 4.79 Å². The van der Waals surface area contributed by atoms with Crippen LogP contribution >= 0.6 is 0 Å². The summed E-state index contributed by atoms with van der Waals surface area (Å²) in [4.78, 5) is 11.9. The number of methoxy groups -OCH3 is 1. The largest absolute Gasteiger partial charge is 0.497 e. The van der Waals surface area contributed by atoms with Gasteiger partial charge in [-0.1, -0.05) is 12.1 Å². The zero-order valence-corrected chi connectivity index (χ0v) is 16.0. The molecule has 3 rings (SSSR count). The van der Waals surface area contributed by atoms with Gasteiger partial charge in [-0.15, -0.1) is 12.3 Å². The number of anilines is 2. The predicted octanol–water partition coefficient (Wildman–Crippen LogP) is 4.49. The molecule has 3 aromatic rings. The second-order valence-electron chi connectivity index (χ2n) is 6.19. The Morgan fingerprint density at radius 3 is 2.82 bits per heavy atom. The summed E-state index contributed by atoms with van der Waals surface area (Å²) in [6, 6.07) is 13.3. The van der Waals surface area contributed by atoms with E-state index in [-0.39, 0.29) is 6.61 Å². The topological polar surface area (TPSA) is 78.5 Å². The molecule has 6 heteroatoms. The van der Waals surface area contributed by atoms with Gasteiger partial charge in [-0.05, 0) is 31.2 Å². The van der Waals surface area contributed by atoms with Gasteiger partial charge in [0.25, 0.3) is 0 Å². The monoisotopic (exact) mass is 377 g/mol. The van der Waals surface area contributed by atoms with Crippen molar-refractivity contribution in [3.8, 4) is 29.4 Å². The number of aromatic nitrogens is 1.